The molecule has 1 aromatic carbocycles. The molecule has 0 amide bonds. The highest BCUT2D eigenvalue weighted by Crippen LogP contribution is 2.23. The highest BCUT2D eigenvalue weighted by molar-refractivity contribution is 9.13. The van der Waals surface area contributed by atoms with Crippen molar-refractivity contribution in [2.75, 3.05) is 19.8 Å². The van der Waals surface area contributed by atoms with E-state index in [4.69, 9.17) is 4.74 Å². The molecule has 0 unspecified atom stereocenters. The van der Waals surface area contributed by atoms with E-state index < -0.39 is 0 Å². The normalized spacial score (nSPS) is 10.5. The van der Waals surface area contributed by atoms with Gasteiger partial charge in [-0.2, -0.15) is 0 Å². The SMILES string of the molecule is C=CCCOCCNCc1ccc(Br)c(Br)c1. The molecular weight excluding hydrogens is 346 g/mol. The highest BCUT2D eigenvalue weighted by atomic mass is 79.9. The van der Waals surface area contributed by atoms with E-state index >= 15 is 0 Å². The third-order valence-electron chi connectivity index (χ3n) is 2.20. The fourth-order valence-corrected chi connectivity index (χ4v) is 1.97. The molecule has 0 spiro atoms. The van der Waals surface area contributed by atoms with Crippen molar-refractivity contribution < 1.29 is 4.74 Å². The average Bonchev–Trinajstić information content (AvgIpc) is 2.32. The van der Waals surface area contributed by atoms with Crippen LogP contribution in [0.1, 0.15) is 12.0 Å². The second-order valence-electron chi connectivity index (χ2n) is 3.61. The Balaban J connectivity index is 2.13. The number of ether oxygens (including phenoxy) is 1. The van der Waals surface area contributed by atoms with Gasteiger partial charge in [0, 0.05) is 22.0 Å². The van der Waals surface area contributed by atoms with Crippen molar-refractivity contribution in [3.8, 4) is 0 Å². The van der Waals surface area contributed by atoms with Gasteiger partial charge in [0.15, 0.2) is 0 Å². The summed E-state index contributed by atoms with van der Waals surface area (Å²) < 4.78 is 7.56. The summed E-state index contributed by atoms with van der Waals surface area (Å²) in [7, 11) is 0. The van der Waals surface area contributed by atoms with Crippen molar-refractivity contribution in [3.63, 3.8) is 0 Å². The Bertz CT molecular complexity index is 355. The number of hydrogen-bond acceptors (Lipinski definition) is 2. The zero-order valence-corrected chi connectivity index (χ0v) is 12.9. The van der Waals surface area contributed by atoms with Gasteiger partial charge >= 0.3 is 0 Å². The van der Waals surface area contributed by atoms with E-state index in [2.05, 4.69) is 55.9 Å². The summed E-state index contributed by atoms with van der Waals surface area (Å²) in [5, 5.41) is 3.34. The standard InChI is InChI=1S/C13H17Br2NO/c1-2-3-7-17-8-6-16-10-11-4-5-12(14)13(15)9-11/h2,4-5,9,16H,1,3,6-8,10H2. The molecule has 2 nitrogen and oxygen atoms in total. The van der Waals surface area contributed by atoms with Crippen LogP contribution in [-0.4, -0.2) is 19.8 Å². The van der Waals surface area contributed by atoms with E-state index in [1.54, 1.807) is 0 Å². The maximum absolute atomic E-state index is 5.40. The maximum Gasteiger partial charge on any atom is 0.0591 e. The Morgan fingerprint density at radius 1 is 1.24 bits per heavy atom. The molecule has 1 N–H and O–H groups in total. The van der Waals surface area contributed by atoms with Crippen molar-refractivity contribution in [1.82, 2.24) is 5.32 Å². The monoisotopic (exact) mass is 361 g/mol. The van der Waals surface area contributed by atoms with Crippen molar-refractivity contribution in [3.05, 3.63) is 45.4 Å². The number of benzene rings is 1. The van der Waals surface area contributed by atoms with E-state index in [1.165, 1.54) is 5.56 Å². The van der Waals surface area contributed by atoms with Crippen molar-refractivity contribution in [1.29, 1.82) is 0 Å². The lowest BCUT2D eigenvalue weighted by atomic mass is 10.2. The molecule has 0 fully saturated rings. The average molecular weight is 363 g/mol. The van der Waals surface area contributed by atoms with Crippen LogP contribution >= 0.6 is 31.9 Å². The minimum absolute atomic E-state index is 0.742. The molecule has 0 aliphatic carbocycles. The van der Waals surface area contributed by atoms with Gasteiger partial charge < -0.3 is 10.1 Å². The summed E-state index contributed by atoms with van der Waals surface area (Å²) in [4.78, 5) is 0. The smallest absolute Gasteiger partial charge is 0.0591 e. The van der Waals surface area contributed by atoms with Gasteiger partial charge in [0.1, 0.15) is 0 Å². The molecule has 17 heavy (non-hydrogen) atoms. The van der Waals surface area contributed by atoms with Gasteiger partial charge in [-0.15, -0.1) is 6.58 Å². The topological polar surface area (TPSA) is 21.3 Å². The van der Waals surface area contributed by atoms with Gasteiger partial charge in [0.05, 0.1) is 13.2 Å². The summed E-state index contributed by atoms with van der Waals surface area (Å²) in [5.74, 6) is 0. The lowest BCUT2D eigenvalue weighted by Gasteiger charge is -2.06. The molecule has 4 heteroatoms. The van der Waals surface area contributed by atoms with Crippen LogP contribution in [0.4, 0.5) is 0 Å². The van der Waals surface area contributed by atoms with E-state index in [0.717, 1.165) is 41.7 Å². The van der Waals surface area contributed by atoms with Crippen molar-refractivity contribution in [2.24, 2.45) is 0 Å². The van der Waals surface area contributed by atoms with E-state index in [1.807, 2.05) is 12.1 Å². The third kappa shape index (κ3) is 6.36. The first-order chi connectivity index (χ1) is 8.24. The molecular formula is C13H17Br2NO. The number of rotatable bonds is 8. The van der Waals surface area contributed by atoms with Gasteiger partial charge in [0.2, 0.25) is 0 Å². The summed E-state index contributed by atoms with van der Waals surface area (Å²) in [6.07, 6.45) is 2.78. The molecule has 94 valence electrons. The first-order valence-corrected chi connectivity index (χ1v) is 7.16. The predicted octanol–water partition coefficient (Wildman–Crippen LogP) is 3.89. The van der Waals surface area contributed by atoms with Gasteiger partial charge in [-0.05, 0) is 56.0 Å². The maximum atomic E-state index is 5.40. The number of halogens is 2. The van der Waals surface area contributed by atoms with Crippen LogP contribution in [-0.2, 0) is 11.3 Å². The quantitative estimate of drug-likeness (QED) is 0.559. The number of nitrogens with one attached hydrogen (secondary N) is 1. The van der Waals surface area contributed by atoms with Crippen molar-refractivity contribution >= 4 is 31.9 Å². The van der Waals surface area contributed by atoms with Gasteiger partial charge in [-0.25, -0.2) is 0 Å². The summed E-state index contributed by atoms with van der Waals surface area (Å²) >= 11 is 6.94. The molecule has 1 rings (SSSR count). The first-order valence-electron chi connectivity index (χ1n) is 5.57. The Hall–Kier alpha value is -0.160. The zero-order valence-electron chi connectivity index (χ0n) is 9.72. The minimum Gasteiger partial charge on any atom is -0.380 e. The van der Waals surface area contributed by atoms with Crippen LogP contribution in [0.5, 0.6) is 0 Å². The van der Waals surface area contributed by atoms with E-state index in [-0.39, 0.29) is 0 Å². The minimum atomic E-state index is 0.742. The molecule has 0 aromatic heterocycles. The van der Waals surface area contributed by atoms with Gasteiger partial charge in [0.25, 0.3) is 0 Å². The lowest BCUT2D eigenvalue weighted by molar-refractivity contribution is 0.140. The third-order valence-corrected chi connectivity index (χ3v) is 4.08. The Labute approximate surface area is 120 Å². The van der Waals surface area contributed by atoms with Crippen LogP contribution in [0.25, 0.3) is 0 Å². The Morgan fingerprint density at radius 2 is 2.06 bits per heavy atom. The van der Waals surface area contributed by atoms with Gasteiger partial charge in [-0.1, -0.05) is 12.1 Å². The largest absolute Gasteiger partial charge is 0.380 e. The Kier molecular flexibility index (Phi) is 7.77. The van der Waals surface area contributed by atoms with Crippen molar-refractivity contribution in [2.45, 2.75) is 13.0 Å². The molecule has 0 bridgehead atoms. The summed E-state index contributed by atoms with van der Waals surface area (Å²) in [5.41, 5.74) is 1.26. The zero-order chi connectivity index (χ0) is 12.5. The van der Waals surface area contributed by atoms with Crippen LogP contribution in [0, 0.1) is 0 Å². The molecule has 0 heterocycles. The fraction of sp³-hybridized carbons (Fsp3) is 0.385. The molecule has 0 saturated heterocycles. The lowest BCUT2D eigenvalue weighted by Crippen LogP contribution is -2.19. The molecule has 0 aliphatic rings. The molecule has 0 radical (unpaired) electrons. The Morgan fingerprint density at radius 3 is 2.76 bits per heavy atom. The van der Waals surface area contributed by atoms with Crippen LogP contribution in [0.2, 0.25) is 0 Å². The fourth-order valence-electron chi connectivity index (χ4n) is 1.30. The van der Waals surface area contributed by atoms with E-state index in [9.17, 15) is 0 Å². The molecule has 0 aliphatic heterocycles. The second-order valence-corrected chi connectivity index (χ2v) is 5.32. The van der Waals surface area contributed by atoms with Crippen LogP contribution in [0.3, 0.4) is 0 Å². The van der Waals surface area contributed by atoms with E-state index in [0.29, 0.717) is 0 Å². The van der Waals surface area contributed by atoms with Crippen LogP contribution < -0.4 is 5.32 Å². The summed E-state index contributed by atoms with van der Waals surface area (Å²) in [6, 6.07) is 6.25. The molecule has 0 saturated carbocycles. The molecule has 1 aromatic rings. The second kappa shape index (κ2) is 8.86. The molecule has 0 atom stereocenters. The number of hydrogen-bond donors (Lipinski definition) is 1. The van der Waals surface area contributed by atoms with Crippen LogP contribution in [0.15, 0.2) is 39.8 Å². The van der Waals surface area contributed by atoms with Gasteiger partial charge in [-0.3, -0.25) is 0 Å². The highest BCUT2D eigenvalue weighted by Gasteiger charge is 1.98. The first kappa shape index (κ1) is 14.9. The summed E-state index contributed by atoms with van der Waals surface area (Å²) in [6.45, 7) is 6.87. The predicted molar refractivity (Wildman–Crippen MR) is 79.2 cm³/mol.